The highest BCUT2D eigenvalue weighted by Gasteiger charge is 2.19. The van der Waals surface area contributed by atoms with Crippen molar-refractivity contribution in [2.45, 2.75) is 26.2 Å². The van der Waals surface area contributed by atoms with E-state index < -0.39 is 0 Å². The summed E-state index contributed by atoms with van der Waals surface area (Å²) in [5.41, 5.74) is 8.96. The summed E-state index contributed by atoms with van der Waals surface area (Å²) in [6.45, 7) is 3.28. The molecule has 0 saturated carbocycles. The van der Waals surface area contributed by atoms with E-state index in [0.29, 0.717) is 0 Å². The van der Waals surface area contributed by atoms with Crippen molar-refractivity contribution in [2.75, 3.05) is 20.6 Å². The second kappa shape index (κ2) is 7.81. The molecule has 0 N–H and O–H groups in total. The maximum absolute atomic E-state index is 2.30. The molecule has 2 aromatic rings. The van der Waals surface area contributed by atoms with Gasteiger partial charge in [-0.05, 0) is 68.1 Å². The Bertz CT molecular complexity index is 700. The van der Waals surface area contributed by atoms with Gasteiger partial charge in [0.2, 0.25) is 0 Å². The van der Waals surface area contributed by atoms with Gasteiger partial charge in [-0.25, -0.2) is 0 Å². The van der Waals surface area contributed by atoms with Crippen LogP contribution in [0.4, 0.5) is 0 Å². The van der Waals surface area contributed by atoms with Crippen LogP contribution >= 0.6 is 12.4 Å². The molecule has 0 saturated heterocycles. The predicted octanol–water partition coefficient (Wildman–Crippen LogP) is 4.92. The van der Waals surface area contributed by atoms with Gasteiger partial charge in [-0.3, -0.25) is 0 Å². The first-order chi connectivity index (χ1) is 10.6. The lowest BCUT2D eigenvalue weighted by molar-refractivity contribution is 0.438. The molecule has 0 aliphatic heterocycles. The van der Waals surface area contributed by atoms with E-state index in [1.54, 1.807) is 11.1 Å². The summed E-state index contributed by atoms with van der Waals surface area (Å²) < 4.78 is 0. The van der Waals surface area contributed by atoms with E-state index in [2.05, 4.69) is 74.4 Å². The molecule has 0 amide bonds. The van der Waals surface area contributed by atoms with Crippen LogP contribution < -0.4 is 0 Å². The van der Waals surface area contributed by atoms with Crippen LogP contribution in [0.2, 0.25) is 0 Å². The van der Waals surface area contributed by atoms with Crippen LogP contribution in [0, 0.1) is 6.92 Å². The van der Waals surface area contributed by atoms with Crippen molar-refractivity contribution in [3.8, 4) is 0 Å². The molecule has 0 fully saturated rings. The second-order valence-corrected chi connectivity index (χ2v) is 6.58. The van der Waals surface area contributed by atoms with Crippen molar-refractivity contribution in [1.29, 1.82) is 0 Å². The zero-order valence-corrected chi connectivity index (χ0v) is 15.1. The predicted molar refractivity (Wildman–Crippen MR) is 102 cm³/mol. The van der Waals surface area contributed by atoms with Crippen LogP contribution in [-0.4, -0.2) is 25.5 Å². The van der Waals surface area contributed by atoms with Crippen LogP contribution in [-0.2, 0) is 12.8 Å². The standard InChI is InChI=1S/C21H25N.ClH/c1-16-8-4-5-10-18(16)14-21-19(15-22(2)3)13-12-17-9-6-7-11-20(17)21;/h4-11H,12-15H2,1-3H3;1H. The number of likely N-dealkylation sites (N-methyl/N-ethyl adjacent to an activating group) is 1. The Hall–Kier alpha value is -1.57. The zero-order valence-electron chi connectivity index (χ0n) is 14.3. The Morgan fingerprint density at radius 1 is 0.913 bits per heavy atom. The normalized spacial score (nSPS) is 13.7. The highest BCUT2D eigenvalue weighted by atomic mass is 35.5. The highest BCUT2D eigenvalue weighted by Crippen LogP contribution is 2.34. The molecule has 0 spiro atoms. The molecule has 0 radical (unpaired) electrons. The maximum Gasteiger partial charge on any atom is 0.0193 e. The maximum atomic E-state index is 2.30. The molecule has 0 bridgehead atoms. The Morgan fingerprint density at radius 2 is 1.61 bits per heavy atom. The minimum Gasteiger partial charge on any atom is -0.305 e. The van der Waals surface area contributed by atoms with Gasteiger partial charge in [0.15, 0.2) is 0 Å². The van der Waals surface area contributed by atoms with Gasteiger partial charge in [0.05, 0.1) is 0 Å². The van der Waals surface area contributed by atoms with Gasteiger partial charge in [-0.15, -0.1) is 12.4 Å². The topological polar surface area (TPSA) is 3.24 Å². The number of hydrogen-bond donors (Lipinski definition) is 0. The molecule has 0 unspecified atom stereocenters. The monoisotopic (exact) mass is 327 g/mol. The third kappa shape index (κ3) is 4.04. The van der Waals surface area contributed by atoms with Gasteiger partial charge >= 0.3 is 0 Å². The van der Waals surface area contributed by atoms with Crippen molar-refractivity contribution in [1.82, 2.24) is 4.90 Å². The summed E-state index contributed by atoms with van der Waals surface area (Å²) in [7, 11) is 4.33. The molecule has 0 aromatic heterocycles. The van der Waals surface area contributed by atoms with E-state index >= 15 is 0 Å². The molecule has 0 heterocycles. The minimum absolute atomic E-state index is 0. The van der Waals surface area contributed by atoms with E-state index in [-0.39, 0.29) is 12.4 Å². The fourth-order valence-corrected chi connectivity index (χ4v) is 3.43. The van der Waals surface area contributed by atoms with Crippen molar-refractivity contribution < 1.29 is 0 Å². The van der Waals surface area contributed by atoms with E-state index in [1.165, 1.54) is 35.1 Å². The van der Waals surface area contributed by atoms with E-state index in [0.717, 1.165) is 13.0 Å². The molecular formula is C21H26ClN. The number of fused-ring (bicyclic) bond motifs is 1. The first-order valence-corrected chi connectivity index (χ1v) is 8.13. The number of rotatable bonds is 4. The molecule has 0 atom stereocenters. The Labute approximate surface area is 146 Å². The molecule has 122 valence electrons. The molecule has 2 aromatic carbocycles. The average molecular weight is 328 g/mol. The lowest BCUT2D eigenvalue weighted by Gasteiger charge is -2.26. The van der Waals surface area contributed by atoms with Gasteiger partial charge in [0.1, 0.15) is 0 Å². The fraction of sp³-hybridized carbons (Fsp3) is 0.333. The lowest BCUT2D eigenvalue weighted by atomic mass is 9.82. The van der Waals surface area contributed by atoms with Crippen molar-refractivity contribution in [2.24, 2.45) is 0 Å². The van der Waals surface area contributed by atoms with Gasteiger partial charge in [0.25, 0.3) is 0 Å². The number of halogens is 1. The summed E-state index contributed by atoms with van der Waals surface area (Å²) in [5.74, 6) is 0. The van der Waals surface area contributed by atoms with Crippen LogP contribution in [0.25, 0.3) is 5.57 Å². The zero-order chi connectivity index (χ0) is 15.5. The lowest BCUT2D eigenvalue weighted by Crippen LogP contribution is -2.19. The van der Waals surface area contributed by atoms with Crippen LogP contribution in [0.3, 0.4) is 0 Å². The molecule has 1 aliphatic rings. The largest absolute Gasteiger partial charge is 0.305 e. The number of benzene rings is 2. The molecular weight excluding hydrogens is 302 g/mol. The van der Waals surface area contributed by atoms with Crippen LogP contribution in [0.1, 0.15) is 28.7 Å². The minimum atomic E-state index is 0. The first kappa shape index (κ1) is 17.8. The molecule has 2 heteroatoms. The number of allylic oxidation sites excluding steroid dienone is 1. The summed E-state index contributed by atoms with van der Waals surface area (Å²) in [4.78, 5) is 2.29. The van der Waals surface area contributed by atoms with Gasteiger partial charge in [-0.1, -0.05) is 54.1 Å². The highest BCUT2D eigenvalue weighted by molar-refractivity contribution is 5.85. The summed E-state index contributed by atoms with van der Waals surface area (Å²) >= 11 is 0. The fourth-order valence-electron chi connectivity index (χ4n) is 3.43. The van der Waals surface area contributed by atoms with Gasteiger partial charge in [-0.2, -0.15) is 0 Å². The second-order valence-electron chi connectivity index (χ2n) is 6.58. The van der Waals surface area contributed by atoms with Gasteiger partial charge in [0, 0.05) is 6.54 Å². The van der Waals surface area contributed by atoms with Crippen molar-refractivity contribution in [3.05, 3.63) is 76.4 Å². The molecule has 23 heavy (non-hydrogen) atoms. The molecule has 3 rings (SSSR count). The van der Waals surface area contributed by atoms with Gasteiger partial charge < -0.3 is 4.90 Å². The number of hydrogen-bond acceptors (Lipinski definition) is 1. The van der Waals surface area contributed by atoms with Crippen molar-refractivity contribution >= 4 is 18.0 Å². The SMILES string of the molecule is Cc1ccccc1CC1=C(CN(C)C)CCc2ccccc21.Cl. The third-order valence-electron chi connectivity index (χ3n) is 4.60. The van der Waals surface area contributed by atoms with Crippen molar-refractivity contribution in [3.63, 3.8) is 0 Å². The Balaban J connectivity index is 0.00000192. The third-order valence-corrected chi connectivity index (χ3v) is 4.60. The quantitative estimate of drug-likeness (QED) is 0.770. The Morgan fingerprint density at radius 3 is 2.35 bits per heavy atom. The molecule has 1 nitrogen and oxygen atoms in total. The van der Waals surface area contributed by atoms with Crippen LogP contribution in [0.15, 0.2) is 54.1 Å². The first-order valence-electron chi connectivity index (χ1n) is 8.13. The van der Waals surface area contributed by atoms with E-state index in [4.69, 9.17) is 0 Å². The summed E-state index contributed by atoms with van der Waals surface area (Å²) in [6, 6.07) is 17.7. The summed E-state index contributed by atoms with van der Waals surface area (Å²) in [6.07, 6.45) is 3.42. The smallest absolute Gasteiger partial charge is 0.0193 e. The number of nitrogens with zero attached hydrogens (tertiary/aromatic N) is 1. The van der Waals surface area contributed by atoms with Crippen LogP contribution in [0.5, 0.6) is 0 Å². The average Bonchev–Trinajstić information content (AvgIpc) is 2.51. The molecule has 1 aliphatic carbocycles. The Kier molecular flexibility index (Phi) is 6.04. The summed E-state index contributed by atoms with van der Waals surface area (Å²) in [5, 5.41) is 0. The number of aryl methyl sites for hydroxylation is 2. The van der Waals surface area contributed by atoms with E-state index in [9.17, 15) is 0 Å². The van der Waals surface area contributed by atoms with E-state index in [1.807, 2.05) is 0 Å².